The van der Waals surface area contributed by atoms with Crippen molar-refractivity contribution in [1.82, 2.24) is 4.90 Å². The Bertz CT molecular complexity index is 534. The van der Waals surface area contributed by atoms with Gasteiger partial charge >= 0.3 is 0 Å². The molecule has 5 nitrogen and oxygen atoms in total. The number of piperidine rings is 1. The van der Waals surface area contributed by atoms with Crippen LogP contribution in [0.5, 0.6) is 5.75 Å². The largest absolute Gasteiger partial charge is 0.496 e. The number of methoxy groups -OCH3 is 1. The fourth-order valence-electron chi connectivity index (χ4n) is 2.73. The van der Waals surface area contributed by atoms with E-state index < -0.39 is 0 Å². The third-order valence-corrected chi connectivity index (χ3v) is 4.03. The molecule has 0 aromatic heterocycles. The summed E-state index contributed by atoms with van der Waals surface area (Å²) in [4.78, 5) is 25.3. The van der Waals surface area contributed by atoms with Gasteiger partial charge in [0.25, 0.3) is 0 Å². The second-order valence-corrected chi connectivity index (χ2v) is 5.55. The van der Waals surface area contributed by atoms with Gasteiger partial charge in [-0.25, -0.2) is 0 Å². The molecule has 0 unspecified atom stereocenters. The molecule has 1 saturated heterocycles. The maximum Gasteiger partial charge on any atom is 0.227 e. The zero-order chi connectivity index (χ0) is 15.4. The second-order valence-electron chi connectivity index (χ2n) is 5.55. The highest BCUT2D eigenvalue weighted by molar-refractivity contribution is 5.81. The summed E-state index contributed by atoms with van der Waals surface area (Å²) < 4.78 is 5.31. The van der Waals surface area contributed by atoms with E-state index in [9.17, 15) is 9.59 Å². The summed E-state index contributed by atoms with van der Waals surface area (Å²) in [6, 6.07) is 5.83. The highest BCUT2D eigenvalue weighted by Gasteiger charge is 2.26. The normalized spacial score (nSPS) is 15.8. The van der Waals surface area contributed by atoms with Crippen LogP contribution in [-0.4, -0.2) is 36.9 Å². The second kappa shape index (κ2) is 6.61. The molecule has 0 bridgehead atoms. The van der Waals surface area contributed by atoms with E-state index in [0.29, 0.717) is 32.4 Å². The lowest BCUT2D eigenvalue weighted by Crippen LogP contribution is -2.42. The number of primary amides is 1. The molecule has 0 spiro atoms. The quantitative estimate of drug-likeness (QED) is 0.907. The molecule has 1 aromatic rings. The number of hydrogen-bond acceptors (Lipinski definition) is 3. The number of benzene rings is 1. The third kappa shape index (κ3) is 3.74. The number of amides is 2. The van der Waals surface area contributed by atoms with Gasteiger partial charge < -0.3 is 15.4 Å². The minimum atomic E-state index is -0.262. The molecule has 0 aliphatic carbocycles. The molecule has 2 amide bonds. The van der Waals surface area contributed by atoms with Crippen molar-refractivity contribution in [3.05, 3.63) is 29.3 Å². The first-order valence-electron chi connectivity index (χ1n) is 7.22. The molecule has 2 rings (SSSR count). The van der Waals surface area contributed by atoms with Crippen LogP contribution in [0.2, 0.25) is 0 Å². The van der Waals surface area contributed by atoms with E-state index in [1.807, 2.05) is 25.1 Å². The molecule has 0 saturated carbocycles. The van der Waals surface area contributed by atoms with Gasteiger partial charge in [-0.1, -0.05) is 17.7 Å². The van der Waals surface area contributed by atoms with Gasteiger partial charge in [0, 0.05) is 24.6 Å². The Labute approximate surface area is 125 Å². The molecule has 1 aromatic carbocycles. The van der Waals surface area contributed by atoms with Gasteiger partial charge in [0.05, 0.1) is 13.5 Å². The van der Waals surface area contributed by atoms with Gasteiger partial charge in [-0.3, -0.25) is 9.59 Å². The molecular formula is C16H22N2O3. The van der Waals surface area contributed by atoms with Gasteiger partial charge in [0.1, 0.15) is 5.75 Å². The average Bonchev–Trinajstić information content (AvgIpc) is 2.47. The number of likely N-dealkylation sites (tertiary alicyclic amines) is 1. The first kappa shape index (κ1) is 15.4. The zero-order valence-electron chi connectivity index (χ0n) is 12.6. The average molecular weight is 290 g/mol. The zero-order valence-corrected chi connectivity index (χ0v) is 12.6. The van der Waals surface area contributed by atoms with Crippen molar-refractivity contribution < 1.29 is 14.3 Å². The number of nitrogens with zero attached hydrogens (tertiary/aromatic N) is 1. The number of carbonyl (C=O) groups excluding carboxylic acids is 2. The third-order valence-electron chi connectivity index (χ3n) is 4.03. The van der Waals surface area contributed by atoms with Gasteiger partial charge in [-0.15, -0.1) is 0 Å². The van der Waals surface area contributed by atoms with Gasteiger partial charge in [-0.05, 0) is 25.8 Å². The Morgan fingerprint density at radius 1 is 1.33 bits per heavy atom. The lowest BCUT2D eigenvalue weighted by atomic mass is 9.96. The van der Waals surface area contributed by atoms with Crippen molar-refractivity contribution in [3.8, 4) is 5.75 Å². The molecule has 2 N–H and O–H groups in total. The van der Waals surface area contributed by atoms with Crippen LogP contribution in [0.4, 0.5) is 0 Å². The summed E-state index contributed by atoms with van der Waals surface area (Å²) >= 11 is 0. The maximum absolute atomic E-state index is 12.4. The SMILES string of the molecule is COc1ccc(C)cc1CC(=O)N1CCC(C(N)=O)CC1. The van der Waals surface area contributed by atoms with Gasteiger partial charge in [0.2, 0.25) is 11.8 Å². The molecule has 1 heterocycles. The molecule has 1 fully saturated rings. The molecule has 1 aliphatic heterocycles. The number of aryl methyl sites for hydroxylation is 1. The Morgan fingerprint density at radius 3 is 2.57 bits per heavy atom. The fraction of sp³-hybridized carbons (Fsp3) is 0.500. The first-order chi connectivity index (χ1) is 10.0. The van der Waals surface area contributed by atoms with Crippen LogP contribution in [0.25, 0.3) is 0 Å². The molecule has 21 heavy (non-hydrogen) atoms. The van der Waals surface area contributed by atoms with Crippen LogP contribution < -0.4 is 10.5 Å². The summed E-state index contributed by atoms with van der Waals surface area (Å²) in [6.45, 7) is 3.19. The summed E-state index contributed by atoms with van der Waals surface area (Å²) in [6.07, 6.45) is 1.64. The van der Waals surface area contributed by atoms with E-state index in [4.69, 9.17) is 10.5 Å². The number of carbonyl (C=O) groups is 2. The van der Waals surface area contributed by atoms with Crippen LogP contribution in [0.1, 0.15) is 24.0 Å². The summed E-state index contributed by atoms with van der Waals surface area (Å²) in [5.41, 5.74) is 7.31. The van der Waals surface area contributed by atoms with Crippen LogP contribution >= 0.6 is 0 Å². The minimum absolute atomic E-state index is 0.0711. The Hall–Kier alpha value is -2.04. The maximum atomic E-state index is 12.4. The first-order valence-corrected chi connectivity index (χ1v) is 7.22. The predicted octanol–water partition coefficient (Wildman–Crippen LogP) is 1.27. The highest BCUT2D eigenvalue weighted by atomic mass is 16.5. The van der Waals surface area contributed by atoms with E-state index in [0.717, 1.165) is 16.9 Å². The summed E-state index contributed by atoms with van der Waals surface area (Å²) in [5, 5.41) is 0. The van der Waals surface area contributed by atoms with E-state index in [2.05, 4.69) is 0 Å². The standard InChI is InChI=1S/C16H22N2O3/c1-11-3-4-14(21-2)13(9-11)10-15(19)18-7-5-12(6-8-18)16(17)20/h3-4,9,12H,5-8,10H2,1-2H3,(H2,17,20). The van der Waals surface area contributed by atoms with E-state index in [1.165, 1.54) is 0 Å². The van der Waals surface area contributed by atoms with Crippen molar-refractivity contribution in [1.29, 1.82) is 0 Å². The lowest BCUT2D eigenvalue weighted by molar-refractivity contribution is -0.134. The van der Waals surface area contributed by atoms with Crippen molar-refractivity contribution in [3.63, 3.8) is 0 Å². The Morgan fingerprint density at radius 2 is 2.00 bits per heavy atom. The number of hydrogen-bond donors (Lipinski definition) is 1. The van der Waals surface area contributed by atoms with Gasteiger partial charge in [0.15, 0.2) is 0 Å². The number of rotatable bonds is 4. The van der Waals surface area contributed by atoms with Crippen LogP contribution in [-0.2, 0) is 16.0 Å². The predicted molar refractivity (Wildman–Crippen MR) is 79.9 cm³/mol. The molecule has 0 radical (unpaired) electrons. The van der Waals surface area contributed by atoms with Gasteiger partial charge in [-0.2, -0.15) is 0 Å². The van der Waals surface area contributed by atoms with Crippen LogP contribution in [0, 0.1) is 12.8 Å². The minimum Gasteiger partial charge on any atom is -0.496 e. The van der Waals surface area contributed by atoms with E-state index in [1.54, 1.807) is 12.0 Å². The summed E-state index contributed by atoms with van der Waals surface area (Å²) in [7, 11) is 1.61. The molecular weight excluding hydrogens is 268 g/mol. The smallest absolute Gasteiger partial charge is 0.227 e. The Kier molecular flexibility index (Phi) is 4.83. The van der Waals surface area contributed by atoms with E-state index in [-0.39, 0.29) is 17.7 Å². The number of ether oxygens (including phenoxy) is 1. The topological polar surface area (TPSA) is 72.6 Å². The fourth-order valence-corrected chi connectivity index (χ4v) is 2.73. The molecule has 114 valence electrons. The van der Waals surface area contributed by atoms with Crippen molar-refractivity contribution in [2.24, 2.45) is 11.7 Å². The number of nitrogens with two attached hydrogens (primary N) is 1. The monoisotopic (exact) mass is 290 g/mol. The molecule has 1 aliphatic rings. The molecule has 5 heteroatoms. The molecule has 0 atom stereocenters. The van der Waals surface area contributed by atoms with Crippen molar-refractivity contribution in [2.45, 2.75) is 26.2 Å². The summed E-state index contributed by atoms with van der Waals surface area (Å²) in [5.74, 6) is 0.452. The van der Waals surface area contributed by atoms with Crippen LogP contribution in [0.15, 0.2) is 18.2 Å². The lowest BCUT2D eigenvalue weighted by Gasteiger charge is -2.30. The van der Waals surface area contributed by atoms with Crippen molar-refractivity contribution >= 4 is 11.8 Å². The van der Waals surface area contributed by atoms with Crippen molar-refractivity contribution in [2.75, 3.05) is 20.2 Å². The van der Waals surface area contributed by atoms with Crippen LogP contribution in [0.3, 0.4) is 0 Å². The Balaban J connectivity index is 1.99. The highest BCUT2D eigenvalue weighted by Crippen LogP contribution is 2.22. The van der Waals surface area contributed by atoms with E-state index >= 15 is 0 Å².